The first-order valence-corrected chi connectivity index (χ1v) is 8.42. The molecule has 1 aromatic carbocycles. The van der Waals surface area contributed by atoms with Crippen LogP contribution in [0.1, 0.15) is 30.9 Å². The molecule has 120 valence electrons. The molecule has 1 amide bonds. The van der Waals surface area contributed by atoms with Crippen LogP contribution in [0, 0.1) is 0 Å². The number of nitrogens with zero attached hydrogens (tertiary/aromatic N) is 3. The minimum atomic E-state index is 0.0286. The van der Waals surface area contributed by atoms with Crippen LogP contribution in [0.5, 0.6) is 0 Å². The molecule has 1 aromatic heterocycles. The summed E-state index contributed by atoms with van der Waals surface area (Å²) in [6.07, 6.45) is 5.04. The van der Waals surface area contributed by atoms with Crippen LogP contribution < -0.4 is 4.90 Å². The summed E-state index contributed by atoms with van der Waals surface area (Å²) in [6.45, 7) is 2.78. The highest BCUT2D eigenvalue weighted by atomic mass is 16.2. The van der Waals surface area contributed by atoms with E-state index >= 15 is 0 Å². The van der Waals surface area contributed by atoms with E-state index in [0.717, 1.165) is 38.2 Å². The number of anilines is 1. The molecular weight excluding hydrogens is 288 g/mol. The van der Waals surface area contributed by atoms with Crippen LogP contribution in [-0.4, -0.2) is 46.7 Å². The molecule has 2 aliphatic heterocycles. The zero-order valence-corrected chi connectivity index (χ0v) is 13.2. The maximum Gasteiger partial charge on any atom is 0.244 e. The van der Waals surface area contributed by atoms with Gasteiger partial charge >= 0.3 is 0 Å². The summed E-state index contributed by atoms with van der Waals surface area (Å²) in [6, 6.07) is 12.1. The number of aromatic amines is 1. The Morgan fingerprint density at radius 2 is 1.96 bits per heavy atom. The van der Waals surface area contributed by atoms with Gasteiger partial charge in [0, 0.05) is 36.6 Å². The SMILES string of the molecule is O=C1[C@H](N2CCC[C@@H](c3ccn[nH]3)C2)CCN1c1ccccc1. The minimum Gasteiger partial charge on any atom is -0.311 e. The highest BCUT2D eigenvalue weighted by Gasteiger charge is 2.38. The summed E-state index contributed by atoms with van der Waals surface area (Å²) < 4.78 is 0. The van der Waals surface area contributed by atoms with Crippen LogP contribution in [-0.2, 0) is 4.79 Å². The molecular formula is C18H22N4O. The van der Waals surface area contributed by atoms with Crippen molar-refractivity contribution in [3.8, 4) is 0 Å². The van der Waals surface area contributed by atoms with Crippen molar-refractivity contribution in [2.75, 3.05) is 24.5 Å². The number of rotatable bonds is 3. The summed E-state index contributed by atoms with van der Waals surface area (Å²) in [5, 5.41) is 7.16. The van der Waals surface area contributed by atoms with Gasteiger partial charge < -0.3 is 4.90 Å². The number of amides is 1. The fourth-order valence-electron chi connectivity index (χ4n) is 3.91. The van der Waals surface area contributed by atoms with Crippen LogP contribution in [0.25, 0.3) is 0 Å². The monoisotopic (exact) mass is 310 g/mol. The second-order valence-corrected chi connectivity index (χ2v) is 6.48. The van der Waals surface area contributed by atoms with Crippen LogP contribution in [0.2, 0.25) is 0 Å². The Bertz CT molecular complexity index is 655. The zero-order chi connectivity index (χ0) is 15.6. The first-order valence-electron chi connectivity index (χ1n) is 8.42. The van der Waals surface area contributed by atoms with E-state index in [1.54, 1.807) is 0 Å². The number of para-hydroxylation sites is 1. The number of carbonyl (C=O) groups is 1. The van der Waals surface area contributed by atoms with Crippen LogP contribution in [0.15, 0.2) is 42.6 Å². The number of carbonyl (C=O) groups excluding carboxylic acids is 1. The Morgan fingerprint density at radius 1 is 1.09 bits per heavy atom. The fraction of sp³-hybridized carbons (Fsp3) is 0.444. The molecule has 2 aromatic rings. The standard InChI is InChI=1S/C18H22N4O/c23-18-17(9-12-22(18)15-6-2-1-3-7-15)21-11-4-5-14(13-21)16-8-10-19-20-16/h1-3,6-8,10,14,17H,4-5,9,11-13H2,(H,19,20)/t14-,17-/m1/s1. The van der Waals surface area contributed by atoms with Gasteiger partial charge in [0.1, 0.15) is 0 Å². The van der Waals surface area contributed by atoms with Gasteiger partial charge in [-0.1, -0.05) is 18.2 Å². The molecule has 0 aliphatic carbocycles. The summed E-state index contributed by atoms with van der Waals surface area (Å²) in [4.78, 5) is 17.2. The quantitative estimate of drug-likeness (QED) is 0.947. The number of aromatic nitrogens is 2. The maximum atomic E-state index is 12.9. The van der Waals surface area contributed by atoms with E-state index in [4.69, 9.17) is 0 Å². The number of nitrogens with one attached hydrogen (secondary N) is 1. The highest BCUT2D eigenvalue weighted by molar-refractivity contribution is 5.99. The lowest BCUT2D eigenvalue weighted by Gasteiger charge is -2.35. The predicted octanol–water partition coefficient (Wildman–Crippen LogP) is 2.39. The molecule has 0 saturated carbocycles. The average molecular weight is 310 g/mol. The predicted molar refractivity (Wildman–Crippen MR) is 89.3 cm³/mol. The van der Waals surface area contributed by atoms with E-state index in [1.807, 2.05) is 41.4 Å². The first-order chi connectivity index (χ1) is 11.3. The van der Waals surface area contributed by atoms with Gasteiger partial charge in [-0.25, -0.2) is 0 Å². The van der Waals surface area contributed by atoms with Crippen LogP contribution in [0.3, 0.4) is 0 Å². The molecule has 23 heavy (non-hydrogen) atoms. The molecule has 2 saturated heterocycles. The van der Waals surface area contributed by atoms with E-state index < -0.39 is 0 Å². The minimum absolute atomic E-state index is 0.0286. The lowest BCUT2D eigenvalue weighted by Crippen LogP contribution is -2.46. The van der Waals surface area contributed by atoms with E-state index in [9.17, 15) is 4.79 Å². The molecule has 2 atom stereocenters. The molecule has 2 aliphatic rings. The molecule has 0 spiro atoms. The maximum absolute atomic E-state index is 12.9. The second-order valence-electron chi connectivity index (χ2n) is 6.48. The number of H-pyrrole nitrogens is 1. The summed E-state index contributed by atoms with van der Waals surface area (Å²) >= 11 is 0. The number of piperidine rings is 1. The molecule has 3 heterocycles. The van der Waals surface area contributed by atoms with Gasteiger partial charge in [0.05, 0.1) is 6.04 Å². The van der Waals surface area contributed by atoms with Crippen molar-refractivity contribution in [3.63, 3.8) is 0 Å². The number of benzene rings is 1. The van der Waals surface area contributed by atoms with Crippen molar-refractivity contribution >= 4 is 11.6 Å². The van der Waals surface area contributed by atoms with Crippen LogP contribution >= 0.6 is 0 Å². The Balaban J connectivity index is 1.47. The molecule has 2 fully saturated rings. The zero-order valence-electron chi connectivity index (χ0n) is 13.2. The third-order valence-corrected chi connectivity index (χ3v) is 5.10. The molecule has 5 nitrogen and oxygen atoms in total. The average Bonchev–Trinajstić information content (AvgIpc) is 3.26. The van der Waals surface area contributed by atoms with Crippen LogP contribution in [0.4, 0.5) is 5.69 Å². The summed E-state index contributed by atoms with van der Waals surface area (Å²) in [5.41, 5.74) is 2.21. The van der Waals surface area contributed by atoms with Crippen molar-refractivity contribution in [1.29, 1.82) is 0 Å². The van der Waals surface area contributed by atoms with Gasteiger partial charge in [-0.3, -0.25) is 14.8 Å². The molecule has 0 bridgehead atoms. The fourth-order valence-corrected chi connectivity index (χ4v) is 3.91. The normalized spacial score (nSPS) is 25.9. The van der Waals surface area contributed by atoms with Gasteiger partial charge in [-0.05, 0) is 44.0 Å². The first kappa shape index (κ1) is 14.5. The third kappa shape index (κ3) is 2.77. The topological polar surface area (TPSA) is 52.2 Å². The molecule has 5 heteroatoms. The van der Waals surface area contributed by atoms with Crippen molar-refractivity contribution in [3.05, 3.63) is 48.3 Å². The van der Waals surface area contributed by atoms with Crippen molar-refractivity contribution in [2.24, 2.45) is 0 Å². The number of hydrogen-bond donors (Lipinski definition) is 1. The smallest absolute Gasteiger partial charge is 0.244 e. The Labute approximate surface area is 136 Å². The highest BCUT2D eigenvalue weighted by Crippen LogP contribution is 2.30. The van der Waals surface area contributed by atoms with Gasteiger partial charge in [0.25, 0.3) is 0 Å². The van der Waals surface area contributed by atoms with Gasteiger partial charge in [-0.15, -0.1) is 0 Å². The van der Waals surface area contributed by atoms with E-state index in [1.165, 1.54) is 12.1 Å². The van der Waals surface area contributed by atoms with Crippen molar-refractivity contribution < 1.29 is 4.79 Å². The largest absolute Gasteiger partial charge is 0.311 e. The second kappa shape index (κ2) is 6.16. The molecule has 4 rings (SSSR count). The molecule has 0 unspecified atom stereocenters. The molecule has 0 radical (unpaired) electrons. The lowest BCUT2D eigenvalue weighted by molar-refractivity contribution is -0.122. The Hall–Kier alpha value is -2.14. The molecule has 1 N–H and O–H groups in total. The van der Waals surface area contributed by atoms with E-state index in [2.05, 4.69) is 21.2 Å². The van der Waals surface area contributed by atoms with Gasteiger partial charge in [0.2, 0.25) is 5.91 Å². The van der Waals surface area contributed by atoms with Crippen molar-refractivity contribution in [1.82, 2.24) is 15.1 Å². The lowest BCUT2D eigenvalue weighted by atomic mass is 9.93. The Kier molecular flexibility index (Phi) is 3.87. The van der Waals surface area contributed by atoms with Crippen molar-refractivity contribution in [2.45, 2.75) is 31.2 Å². The van der Waals surface area contributed by atoms with E-state index in [-0.39, 0.29) is 11.9 Å². The summed E-state index contributed by atoms with van der Waals surface area (Å²) in [5.74, 6) is 0.714. The van der Waals surface area contributed by atoms with Gasteiger partial charge in [-0.2, -0.15) is 5.10 Å². The van der Waals surface area contributed by atoms with Gasteiger partial charge in [0.15, 0.2) is 0 Å². The number of hydrogen-bond acceptors (Lipinski definition) is 3. The third-order valence-electron chi connectivity index (χ3n) is 5.10. The number of likely N-dealkylation sites (tertiary alicyclic amines) is 1. The summed E-state index contributed by atoms with van der Waals surface area (Å²) in [7, 11) is 0. The van der Waals surface area contributed by atoms with E-state index in [0.29, 0.717) is 5.92 Å². The Morgan fingerprint density at radius 3 is 2.74 bits per heavy atom.